The van der Waals surface area contributed by atoms with Crippen LogP contribution in [0.25, 0.3) is 11.5 Å². The molecule has 1 unspecified atom stereocenters. The molecule has 0 radical (unpaired) electrons. The summed E-state index contributed by atoms with van der Waals surface area (Å²) in [6.45, 7) is 1.80. The SMILES string of the molecule is COc1ccc(C(=O)C(C)Sc2nnc(-c3ccccc3)o2)cc1OC. The maximum atomic E-state index is 12.7. The molecule has 0 aliphatic heterocycles. The molecule has 6 nitrogen and oxygen atoms in total. The van der Waals surface area contributed by atoms with E-state index in [-0.39, 0.29) is 5.78 Å². The van der Waals surface area contributed by atoms with E-state index < -0.39 is 5.25 Å². The van der Waals surface area contributed by atoms with Gasteiger partial charge >= 0.3 is 0 Å². The summed E-state index contributed by atoms with van der Waals surface area (Å²) in [4.78, 5) is 12.7. The van der Waals surface area contributed by atoms with Crippen molar-refractivity contribution in [3.63, 3.8) is 0 Å². The molecule has 3 aromatic rings. The molecule has 0 fully saturated rings. The standard InChI is InChI=1S/C19H18N2O4S/c1-12(17(22)14-9-10-15(23-2)16(11-14)24-3)26-19-21-20-18(25-19)13-7-5-4-6-8-13/h4-12H,1-3H3. The summed E-state index contributed by atoms with van der Waals surface area (Å²) < 4.78 is 16.1. The van der Waals surface area contributed by atoms with Gasteiger partial charge in [0, 0.05) is 11.1 Å². The minimum Gasteiger partial charge on any atom is -0.493 e. The number of ether oxygens (including phenoxy) is 2. The van der Waals surface area contributed by atoms with Crippen LogP contribution in [0.3, 0.4) is 0 Å². The van der Waals surface area contributed by atoms with Gasteiger partial charge < -0.3 is 13.9 Å². The second-order valence-corrected chi connectivity index (χ2v) is 6.73. The molecule has 1 heterocycles. The molecule has 1 atom stereocenters. The van der Waals surface area contributed by atoms with Gasteiger partial charge in [0.15, 0.2) is 17.3 Å². The topological polar surface area (TPSA) is 74.5 Å². The largest absolute Gasteiger partial charge is 0.493 e. The summed E-state index contributed by atoms with van der Waals surface area (Å²) in [7, 11) is 3.09. The summed E-state index contributed by atoms with van der Waals surface area (Å²) in [5.74, 6) is 1.46. The summed E-state index contributed by atoms with van der Waals surface area (Å²) >= 11 is 1.22. The molecule has 0 spiro atoms. The number of carbonyl (C=O) groups excluding carboxylic acids is 1. The molecule has 1 aromatic heterocycles. The van der Waals surface area contributed by atoms with Crippen LogP contribution in [0.1, 0.15) is 17.3 Å². The number of rotatable bonds is 7. The van der Waals surface area contributed by atoms with E-state index in [4.69, 9.17) is 13.9 Å². The van der Waals surface area contributed by atoms with E-state index in [9.17, 15) is 4.79 Å². The zero-order chi connectivity index (χ0) is 18.5. The van der Waals surface area contributed by atoms with Crippen molar-refractivity contribution in [2.75, 3.05) is 14.2 Å². The van der Waals surface area contributed by atoms with E-state index in [0.717, 1.165) is 5.56 Å². The summed E-state index contributed by atoms with van der Waals surface area (Å²) in [6.07, 6.45) is 0. The van der Waals surface area contributed by atoms with E-state index in [1.807, 2.05) is 30.3 Å². The summed E-state index contributed by atoms with van der Waals surface area (Å²) in [5, 5.41) is 8.02. The van der Waals surface area contributed by atoms with E-state index in [1.54, 1.807) is 32.2 Å². The van der Waals surface area contributed by atoms with Crippen molar-refractivity contribution in [3.8, 4) is 23.0 Å². The number of methoxy groups -OCH3 is 2. The Morgan fingerprint density at radius 3 is 2.46 bits per heavy atom. The van der Waals surface area contributed by atoms with Gasteiger partial charge in [0.05, 0.1) is 19.5 Å². The Balaban J connectivity index is 1.73. The fourth-order valence-electron chi connectivity index (χ4n) is 2.38. The number of nitrogens with zero attached hydrogens (tertiary/aromatic N) is 2. The van der Waals surface area contributed by atoms with Crippen molar-refractivity contribution in [1.82, 2.24) is 10.2 Å². The molecule has 134 valence electrons. The molecule has 0 aliphatic rings. The van der Waals surface area contributed by atoms with Crippen LogP contribution in [0.4, 0.5) is 0 Å². The third kappa shape index (κ3) is 3.88. The highest BCUT2D eigenvalue weighted by Crippen LogP contribution is 2.31. The van der Waals surface area contributed by atoms with Crippen LogP contribution in [0.2, 0.25) is 0 Å². The lowest BCUT2D eigenvalue weighted by atomic mass is 10.1. The second kappa shape index (κ2) is 8.05. The molecule has 7 heteroatoms. The van der Waals surface area contributed by atoms with Gasteiger partial charge in [0.25, 0.3) is 5.22 Å². The zero-order valence-corrected chi connectivity index (χ0v) is 15.4. The first kappa shape index (κ1) is 18.0. The van der Waals surface area contributed by atoms with E-state index in [1.165, 1.54) is 18.9 Å². The molecule has 0 bridgehead atoms. The van der Waals surface area contributed by atoms with Crippen LogP contribution < -0.4 is 9.47 Å². The number of Topliss-reactive ketones (excluding diaryl/α,β-unsaturated/α-hetero) is 1. The number of aromatic nitrogens is 2. The Kier molecular flexibility index (Phi) is 5.58. The van der Waals surface area contributed by atoms with Crippen molar-refractivity contribution in [3.05, 3.63) is 54.1 Å². The molecule has 0 N–H and O–H groups in total. The molecule has 26 heavy (non-hydrogen) atoms. The average molecular weight is 370 g/mol. The van der Waals surface area contributed by atoms with Crippen LogP contribution >= 0.6 is 11.8 Å². The van der Waals surface area contributed by atoms with E-state index in [2.05, 4.69) is 10.2 Å². The van der Waals surface area contributed by atoms with E-state index in [0.29, 0.717) is 28.2 Å². The van der Waals surface area contributed by atoms with E-state index >= 15 is 0 Å². The second-order valence-electron chi connectivity index (χ2n) is 5.43. The fourth-order valence-corrected chi connectivity index (χ4v) is 3.14. The Morgan fingerprint density at radius 1 is 1.04 bits per heavy atom. The first-order chi connectivity index (χ1) is 12.6. The summed E-state index contributed by atoms with van der Waals surface area (Å²) in [5.41, 5.74) is 1.37. The van der Waals surface area contributed by atoms with Crippen molar-refractivity contribution in [2.45, 2.75) is 17.4 Å². The van der Waals surface area contributed by atoms with Gasteiger partial charge in [0.2, 0.25) is 5.89 Å². The number of ketones is 1. The third-order valence-corrected chi connectivity index (χ3v) is 4.68. The molecule has 2 aromatic carbocycles. The summed E-state index contributed by atoms with van der Waals surface area (Å²) in [6, 6.07) is 14.6. The lowest BCUT2D eigenvalue weighted by Crippen LogP contribution is -2.13. The fraction of sp³-hybridized carbons (Fsp3) is 0.211. The number of thioether (sulfide) groups is 1. The van der Waals surface area contributed by atoms with Gasteiger partial charge in [-0.3, -0.25) is 4.79 Å². The predicted molar refractivity (Wildman–Crippen MR) is 98.9 cm³/mol. The molecular weight excluding hydrogens is 352 g/mol. The Hall–Kier alpha value is -2.80. The average Bonchev–Trinajstić information content (AvgIpc) is 3.16. The molecule has 0 amide bonds. The van der Waals surface area contributed by atoms with Crippen LogP contribution in [0, 0.1) is 0 Å². The van der Waals surface area contributed by atoms with Gasteiger partial charge in [-0.2, -0.15) is 0 Å². The van der Waals surface area contributed by atoms with Gasteiger partial charge in [-0.25, -0.2) is 0 Å². The normalized spacial score (nSPS) is 11.8. The van der Waals surface area contributed by atoms with Crippen LogP contribution in [-0.4, -0.2) is 35.5 Å². The van der Waals surface area contributed by atoms with Gasteiger partial charge in [-0.1, -0.05) is 30.0 Å². The van der Waals surface area contributed by atoms with Gasteiger partial charge in [-0.05, 0) is 37.3 Å². The van der Waals surface area contributed by atoms with Crippen LogP contribution in [-0.2, 0) is 0 Å². The zero-order valence-electron chi connectivity index (χ0n) is 14.6. The molecule has 0 aliphatic carbocycles. The molecule has 3 rings (SSSR count). The maximum Gasteiger partial charge on any atom is 0.277 e. The first-order valence-corrected chi connectivity index (χ1v) is 8.82. The third-order valence-electron chi connectivity index (χ3n) is 3.74. The smallest absolute Gasteiger partial charge is 0.277 e. The minimum atomic E-state index is -0.392. The van der Waals surface area contributed by atoms with Crippen LogP contribution in [0.15, 0.2) is 58.2 Å². The lowest BCUT2D eigenvalue weighted by Gasteiger charge is -2.11. The van der Waals surface area contributed by atoms with Crippen LogP contribution in [0.5, 0.6) is 11.5 Å². The highest BCUT2D eigenvalue weighted by Gasteiger charge is 2.21. The highest BCUT2D eigenvalue weighted by atomic mass is 32.2. The van der Waals surface area contributed by atoms with Crippen molar-refractivity contribution in [1.29, 1.82) is 0 Å². The quantitative estimate of drug-likeness (QED) is 0.457. The Labute approximate surface area is 155 Å². The maximum absolute atomic E-state index is 12.7. The number of hydrogen-bond acceptors (Lipinski definition) is 7. The number of benzene rings is 2. The predicted octanol–water partition coefficient (Wildman–Crippen LogP) is 4.12. The minimum absolute atomic E-state index is 0.0598. The molecular formula is C19H18N2O4S. The number of hydrogen-bond donors (Lipinski definition) is 0. The van der Waals surface area contributed by atoms with Gasteiger partial charge in [0.1, 0.15) is 0 Å². The molecule has 0 saturated heterocycles. The number of carbonyl (C=O) groups is 1. The Bertz CT molecular complexity index is 896. The Morgan fingerprint density at radius 2 is 1.77 bits per heavy atom. The van der Waals surface area contributed by atoms with Crippen molar-refractivity contribution < 1.29 is 18.7 Å². The lowest BCUT2D eigenvalue weighted by molar-refractivity contribution is 0.0993. The molecule has 0 saturated carbocycles. The highest BCUT2D eigenvalue weighted by molar-refractivity contribution is 8.00. The first-order valence-electron chi connectivity index (χ1n) is 7.94. The van der Waals surface area contributed by atoms with Crippen molar-refractivity contribution >= 4 is 17.5 Å². The monoisotopic (exact) mass is 370 g/mol. The van der Waals surface area contributed by atoms with Crippen molar-refractivity contribution in [2.24, 2.45) is 0 Å². The van der Waals surface area contributed by atoms with Gasteiger partial charge in [-0.15, -0.1) is 10.2 Å².